The Morgan fingerprint density at radius 2 is 0.842 bits per heavy atom. The van der Waals surface area contributed by atoms with E-state index in [1.807, 2.05) is 28.4 Å². The highest BCUT2D eigenvalue weighted by molar-refractivity contribution is 6.73. The maximum Gasteiger partial charge on any atom is 0.337 e. The summed E-state index contributed by atoms with van der Waals surface area (Å²) in [6.07, 6.45) is 21.9. The van der Waals surface area contributed by atoms with Gasteiger partial charge in [0.2, 0.25) is 0 Å². The summed E-state index contributed by atoms with van der Waals surface area (Å²) in [5.41, 5.74) is 0. The molecule has 0 spiro atoms. The first kappa shape index (κ1) is 37.9. The SMILES string of the molecule is CCCCOCCOCCCCCCCCC/C=C/CCC[Si](CC[Si](CCCC)(OC)OC)(OC)OC. The van der Waals surface area contributed by atoms with Gasteiger partial charge in [0.25, 0.3) is 0 Å². The number of rotatable bonds is 30. The Kier molecular flexibility index (Phi) is 27.1. The van der Waals surface area contributed by atoms with E-state index < -0.39 is 17.1 Å². The predicted octanol–water partition coefficient (Wildman–Crippen LogP) is 8.55. The molecule has 0 aromatic rings. The van der Waals surface area contributed by atoms with Crippen LogP contribution in [0.5, 0.6) is 0 Å². The second kappa shape index (κ2) is 27.1. The van der Waals surface area contributed by atoms with Crippen LogP contribution in [0.3, 0.4) is 0 Å². The molecule has 0 aliphatic heterocycles. The van der Waals surface area contributed by atoms with E-state index in [2.05, 4.69) is 26.0 Å². The van der Waals surface area contributed by atoms with Gasteiger partial charge in [-0.2, -0.15) is 0 Å². The Morgan fingerprint density at radius 3 is 1.34 bits per heavy atom. The van der Waals surface area contributed by atoms with Crippen LogP contribution in [-0.4, -0.2) is 72.0 Å². The van der Waals surface area contributed by atoms with E-state index in [1.165, 1.54) is 57.8 Å². The minimum Gasteiger partial charge on any atom is -0.398 e. The quantitative estimate of drug-likeness (QED) is 0.0485. The molecule has 0 saturated heterocycles. The molecule has 0 aromatic heterocycles. The predicted molar refractivity (Wildman–Crippen MR) is 166 cm³/mol. The summed E-state index contributed by atoms with van der Waals surface area (Å²) in [6, 6.07) is 3.96. The lowest BCUT2D eigenvalue weighted by atomic mass is 10.1. The van der Waals surface area contributed by atoms with Crippen LogP contribution < -0.4 is 0 Å². The first-order valence-electron chi connectivity index (χ1n) is 15.6. The van der Waals surface area contributed by atoms with Crippen molar-refractivity contribution in [1.82, 2.24) is 0 Å². The van der Waals surface area contributed by atoms with Crippen LogP contribution in [-0.2, 0) is 27.2 Å². The fourth-order valence-electron chi connectivity index (χ4n) is 4.70. The Balaban J connectivity index is 3.82. The number of ether oxygens (including phenoxy) is 2. The van der Waals surface area contributed by atoms with Crippen molar-refractivity contribution in [3.05, 3.63) is 12.2 Å². The molecule has 0 N–H and O–H groups in total. The van der Waals surface area contributed by atoms with Crippen molar-refractivity contribution in [2.24, 2.45) is 0 Å². The summed E-state index contributed by atoms with van der Waals surface area (Å²) in [5, 5.41) is 0. The molecule has 0 radical (unpaired) electrons. The fourth-order valence-corrected chi connectivity index (χ4v) is 11.9. The number of hydrogen-bond acceptors (Lipinski definition) is 6. The number of hydrogen-bond donors (Lipinski definition) is 0. The zero-order chi connectivity index (χ0) is 28.2. The summed E-state index contributed by atoms with van der Waals surface area (Å²) in [4.78, 5) is 0. The second-order valence-corrected chi connectivity index (χ2v) is 17.7. The lowest BCUT2D eigenvalue weighted by Gasteiger charge is -2.33. The van der Waals surface area contributed by atoms with Crippen LogP contribution in [0, 0.1) is 0 Å². The van der Waals surface area contributed by atoms with Gasteiger partial charge in [-0.3, -0.25) is 0 Å². The Labute approximate surface area is 239 Å². The lowest BCUT2D eigenvalue weighted by Crippen LogP contribution is -2.46. The van der Waals surface area contributed by atoms with Crippen LogP contribution in [0.1, 0.15) is 104 Å². The van der Waals surface area contributed by atoms with Gasteiger partial charge in [0.05, 0.1) is 13.2 Å². The van der Waals surface area contributed by atoms with Crippen LogP contribution in [0.25, 0.3) is 0 Å². The third-order valence-electron chi connectivity index (χ3n) is 7.55. The third-order valence-corrected chi connectivity index (χ3v) is 15.3. The molecular weight excluding hydrogens is 512 g/mol. The highest BCUT2D eigenvalue weighted by Gasteiger charge is 2.42. The van der Waals surface area contributed by atoms with Crippen LogP contribution in [0.4, 0.5) is 0 Å². The van der Waals surface area contributed by atoms with E-state index in [0.717, 1.165) is 82.7 Å². The van der Waals surface area contributed by atoms with Crippen molar-refractivity contribution < 1.29 is 27.2 Å². The van der Waals surface area contributed by atoms with Gasteiger partial charge in [-0.1, -0.05) is 77.4 Å². The zero-order valence-electron chi connectivity index (χ0n) is 26.2. The van der Waals surface area contributed by atoms with Crippen molar-refractivity contribution in [3.8, 4) is 0 Å². The van der Waals surface area contributed by atoms with E-state index in [0.29, 0.717) is 0 Å². The smallest absolute Gasteiger partial charge is 0.337 e. The van der Waals surface area contributed by atoms with Crippen LogP contribution >= 0.6 is 0 Å². The van der Waals surface area contributed by atoms with Gasteiger partial charge in [-0.05, 0) is 62.7 Å². The standard InChI is InChI=1S/C30H64O6Si2/c1-7-9-23-35-25-26-36-24-21-19-17-15-13-11-12-14-16-18-20-22-28-38(33-5,34-6)30-29-37(31-3,32-4)27-10-8-2/h16,18H,7-15,17,19-30H2,1-6H3/b18-16+. The Hall–Kier alpha value is -0.0662. The molecule has 0 aromatic carbocycles. The molecule has 0 aliphatic carbocycles. The third kappa shape index (κ3) is 19.9. The van der Waals surface area contributed by atoms with E-state index in [9.17, 15) is 0 Å². The van der Waals surface area contributed by atoms with Crippen molar-refractivity contribution in [2.75, 3.05) is 54.9 Å². The molecule has 0 atom stereocenters. The van der Waals surface area contributed by atoms with E-state index in [4.69, 9.17) is 27.2 Å². The van der Waals surface area contributed by atoms with E-state index in [1.54, 1.807) is 0 Å². The van der Waals surface area contributed by atoms with Crippen molar-refractivity contribution in [3.63, 3.8) is 0 Å². The topological polar surface area (TPSA) is 55.4 Å². The highest BCUT2D eigenvalue weighted by atomic mass is 28.4. The van der Waals surface area contributed by atoms with Gasteiger partial charge in [0.15, 0.2) is 0 Å². The molecule has 0 bridgehead atoms. The molecule has 0 fully saturated rings. The first-order chi connectivity index (χ1) is 18.6. The van der Waals surface area contributed by atoms with Gasteiger partial charge < -0.3 is 27.2 Å². The van der Waals surface area contributed by atoms with E-state index in [-0.39, 0.29) is 0 Å². The number of allylic oxidation sites excluding steroid dienone is 2. The molecule has 0 unspecified atom stereocenters. The second-order valence-electron chi connectivity index (χ2n) is 10.4. The molecule has 0 rings (SSSR count). The normalized spacial score (nSPS) is 12.7. The lowest BCUT2D eigenvalue weighted by molar-refractivity contribution is 0.0453. The molecule has 38 heavy (non-hydrogen) atoms. The molecule has 0 amide bonds. The fraction of sp³-hybridized carbons (Fsp3) is 0.933. The molecule has 8 heteroatoms. The van der Waals surface area contributed by atoms with Crippen LogP contribution in [0.15, 0.2) is 12.2 Å². The monoisotopic (exact) mass is 576 g/mol. The largest absolute Gasteiger partial charge is 0.398 e. The minimum absolute atomic E-state index is 0.738. The van der Waals surface area contributed by atoms with Gasteiger partial charge in [-0.15, -0.1) is 0 Å². The van der Waals surface area contributed by atoms with Gasteiger partial charge in [0.1, 0.15) is 0 Å². The Morgan fingerprint density at radius 1 is 0.421 bits per heavy atom. The van der Waals surface area contributed by atoms with Crippen molar-refractivity contribution >= 4 is 17.1 Å². The summed E-state index contributed by atoms with van der Waals surface area (Å²) < 4.78 is 35.0. The number of unbranched alkanes of at least 4 members (excludes halogenated alkanes) is 10. The average Bonchev–Trinajstić information content (AvgIpc) is 2.95. The maximum absolute atomic E-state index is 6.01. The molecule has 0 saturated carbocycles. The van der Waals surface area contributed by atoms with Gasteiger partial charge in [0, 0.05) is 41.7 Å². The molecule has 0 aliphatic rings. The molecular formula is C30H64O6Si2. The molecule has 228 valence electrons. The molecule has 6 nitrogen and oxygen atoms in total. The van der Waals surface area contributed by atoms with Crippen LogP contribution in [0.2, 0.25) is 24.2 Å². The Bertz CT molecular complexity index is 513. The van der Waals surface area contributed by atoms with E-state index >= 15 is 0 Å². The zero-order valence-corrected chi connectivity index (χ0v) is 28.2. The van der Waals surface area contributed by atoms with Crippen molar-refractivity contribution in [2.45, 2.75) is 128 Å². The minimum atomic E-state index is -2.21. The summed E-state index contributed by atoms with van der Waals surface area (Å²) >= 11 is 0. The molecule has 0 heterocycles. The van der Waals surface area contributed by atoms with Gasteiger partial charge in [-0.25, -0.2) is 0 Å². The van der Waals surface area contributed by atoms with Crippen molar-refractivity contribution in [1.29, 1.82) is 0 Å². The highest BCUT2D eigenvalue weighted by Crippen LogP contribution is 2.30. The first-order valence-corrected chi connectivity index (χ1v) is 20.0. The average molecular weight is 577 g/mol. The van der Waals surface area contributed by atoms with Gasteiger partial charge >= 0.3 is 17.1 Å². The summed E-state index contributed by atoms with van der Waals surface area (Å²) in [5.74, 6) is 0. The summed E-state index contributed by atoms with van der Waals surface area (Å²) in [6.45, 7) is 7.62. The summed E-state index contributed by atoms with van der Waals surface area (Å²) in [7, 11) is 2.89. The maximum atomic E-state index is 6.01.